The maximum Gasteiger partial charge on any atom is 0.325 e. The molecule has 1 aliphatic rings. The van der Waals surface area contributed by atoms with Crippen LogP contribution in [0.15, 0.2) is 24.3 Å². The standard InChI is InChI=1S/C12H13FN2O2/c1-12(2)10(16)15(11(17)14-12)7-8-3-5-9(13)6-4-8/h3-6H,7H2,1-2H3,(H,14,17). The Balaban J connectivity index is 2.17. The molecule has 1 aliphatic heterocycles. The van der Waals surface area contributed by atoms with E-state index >= 15 is 0 Å². The summed E-state index contributed by atoms with van der Waals surface area (Å²) in [4.78, 5) is 24.6. The van der Waals surface area contributed by atoms with Gasteiger partial charge in [-0.2, -0.15) is 0 Å². The Morgan fingerprint density at radius 2 is 1.82 bits per heavy atom. The molecular formula is C12H13FN2O2. The van der Waals surface area contributed by atoms with Crippen LogP contribution in [-0.4, -0.2) is 22.4 Å². The molecule has 0 aromatic heterocycles. The first-order chi connectivity index (χ1) is 7.90. The Morgan fingerprint density at radius 3 is 2.29 bits per heavy atom. The minimum atomic E-state index is -0.864. The van der Waals surface area contributed by atoms with Gasteiger partial charge in [0, 0.05) is 0 Å². The second-order valence-electron chi connectivity index (χ2n) is 4.57. The minimum Gasteiger partial charge on any atom is -0.324 e. The van der Waals surface area contributed by atoms with E-state index in [1.54, 1.807) is 26.0 Å². The van der Waals surface area contributed by atoms with Gasteiger partial charge in [-0.15, -0.1) is 0 Å². The fraction of sp³-hybridized carbons (Fsp3) is 0.333. The highest BCUT2D eigenvalue weighted by atomic mass is 19.1. The molecule has 1 fully saturated rings. The largest absolute Gasteiger partial charge is 0.325 e. The Morgan fingerprint density at radius 1 is 1.24 bits per heavy atom. The first-order valence-corrected chi connectivity index (χ1v) is 5.29. The predicted octanol–water partition coefficient (Wildman–Crippen LogP) is 1.66. The molecule has 1 aromatic carbocycles. The molecule has 0 atom stereocenters. The van der Waals surface area contributed by atoms with Crippen molar-refractivity contribution < 1.29 is 14.0 Å². The summed E-state index contributed by atoms with van der Waals surface area (Å²) in [7, 11) is 0. The lowest BCUT2D eigenvalue weighted by Crippen LogP contribution is -2.40. The summed E-state index contributed by atoms with van der Waals surface area (Å²) in [5, 5.41) is 2.59. The highest BCUT2D eigenvalue weighted by Gasteiger charge is 2.43. The molecule has 5 heteroatoms. The molecule has 17 heavy (non-hydrogen) atoms. The third kappa shape index (κ3) is 2.13. The topological polar surface area (TPSA) is 49.4 Å². The number of imide groups is 1. The molecule has 0 bridgehead atoms. The first kappa shape index (κ1) is 11.6. The summed E-state index contributed by atoms with van der Waals surface area (Å²) < 4.78 is 12.7. The zero-order valence-electron chi connectivity index (χ0n) is 9.66. The number of carbonyl (C=O) groups excluding carboxylic acids is 2. The van der Waals surface area contributed by atoms with Crippen LogP contribution >= 0.6 is 0 Å². The average Bonchev–Trinajstić information content (AvgIpc) is 2.44. The van der Waals surface area contributed by atoms with Crippen molar-refractivity contribution in [3.8, 4) is 0 Å². The second kappa shape index (κ2) is 3.84. The van der Waals surface area contributed by atoms with E-state index in [9.17, 15) is 14.0 Å². The van der Waals surface area contributed by atoms with Crippen LogP contribution < -0.4 is 5.32 Å². The SMILES string of the molecule is CC1(C)NC(=O)N(Cc2ccc(F)cc2)C1=O. The molecule has 1 N–H and O–H groups in total. The molecule has 4 nitrogen and oxygen atoms in total. The second-order valence-corrected chi connectivity index (χ2v) is 4.57. The van der Waals surface area contributed by atoms with Gasteiger partial charge in [-0.3, -0.25) is 9.69 Å². The molecule has 1 heterocycles. The maximum absolute atomic E-state index is 12.7. The Labute approximate surface area is 98.4 Å². The van der Waals surface area contributed by atoms with Gasteiger partial charge in [-0.05, 0) is 31.5 Å². The van der Waals surface area contributed by atoms with Crippen LogP contribution in [0.3, 0.4) is 0 Å². The smallest absolute Gasteiger partial charge is 0.324 e. The lowest BCUT2D eigenvalue weighted by atomic mass is 10.1. The van der Waals surface area contributed by atoms with E-state index in [2.05, 4.69) is 5.32 Å². The van der Waals surface area contributed by atoms with E-state index in [4.69, 9.17) is 0 Å². The van der Waals surface area contributed by atoms with Gasteiger partial charge >= 0.3 is 6.03 Å². The summed E-state index contributed by atoms with van der Waals surface area (Å²) in [5.41, 5.74) is -0.149. The Kier molecular flexibility index (Phi) is 2.61. The van der Waals surface area contributed by atoms with Crippen LogP contribution in [-0.2, 0) is 11.3 Å². The number of benzene rings is 1. The number of amides is 3. The quantitative estimate of drug-likeness (QED) is 0.794. The molecule has 0 aliphatic carbocycles. The van der Waals surface area contributed by atoms with Crippen molar-refractivity contribution in [2.24, 2.45) is 0 Å². The van der Waals surface area contributed by atoms with Crippen LogP contribution in [0.1, 0.15) is 19.4 Å². The zero-order valence-corrected chi connectivity index (χ0v) is 9.66. The number of nitrogens with zero attached hydrogens (tertiary/aromatic N) is 1. The van der Waals surface area contributed by atoms with Gasteiger partial charge in [0.25, 0.3) is 5.91 Å². The van der Waals surface area contributed by atoms with Gasteiger partial charge in [0.15, 0.2) is 0 Å². The molecule has 0 spiro atoms. The molecule has 0 radical (unpaired) electrons. The summed E-state index contributed by atoms with van der Waals surface area (Å²) in [6.45, 7) is 3.46. The van der Waals surface area contributed by atoms with Crippen molar-refractivity contribution in [2.45, 2.75) is 25.9 Å². The lowest BCUT2D eigenvalue weighted by molar-refractivity contribution is -0.130. The van der Waals surface area contributed by atoms with Crippen LogP contribution in [0.25, 0.3) is 0 Å². The molecule has 3 amide bonds. The molecule has 90 valence electrons. The van der Waals surface area contributed by atoms with Gasteiger partial charge < -0.3 is 5.32 Å². The number of carbonyl (C=O) groups is 2. The molecule has 0 unspecified atom stereocenters. The van der Waals surface area contributed by atoms with Crippen molar-refractivity contribution >= 4 is 11.9 Å². The average molecular weight is 236 g/mol. The van der Waals surface area contributed by atoms with E-state index in [0.29, 0.717) is 5.56 Å². The summed E-state index contributed by atoms with van der Waals surface area (Å²) in [5.74, 6) is -0.613. The minimum absolute atomic E-state index is 0.161. The van der Waals surface area contributed by atoms with Crippen molar-refractivity contribution in [3.05, 3.63) is 35.6 Å². The van der Waals surface area contributed by atoms with Crippen molar-refractivity contribution in [1.29, 1.82) is 0 Å². The monoisotopic (exact) mass is 236 g/mol. The fourth-order valence-corrected chi connectivity index (χ4v) is 1.73. The van der Waals surface area contributed by atoms with E-state index < -0.39 is 11.6 Å². The van der Waals surface area contributed by atoms with E-state index in [1.807, 2.05) is 0 Å². The molecule has 1 aromatic rings. The van der Waals surface area contributed by atoms with Crippen LogP contribution in [0.4, 0.5) is 9.18 Å². The number of rotatable bonds is 2. The highest BCUT2D eigenvalue weighted by Crippen LogP contribution is 2.19. The zero-order chi connectivity index (χ0) is 12.6. The van der Waals surface area contributed by atoms with Crippen LogP contribution in [0, 0.1) is 5.82 Å². The number of nitrogens with one attached hydrogen (secondary N) is 1. The molecule has 2 rings (SSSR count). The third-order valence-corrected chi connectivity index (χ3v) is 2.70. The maximum atomic E-state index is 12.7. The summed E-state index contributed by atoms with van der Waals surface area (Å²) >= 11 is 0. The number of hydrogen-bond acceptors (Lipinski definition) is 2. The van der Waals surface area contributed by atoms with Gasteiger partial charge in [0.05, 0.1) is 6.54 Å². The first-order valence-electron chi connectivity index (χ1n) is 5.29. The van der Waals surface area contributed by atoms with Gasteiger partial charge in [0.1, 0.15) is 11.4 Å². The van der Waals surface area contributed by atoms with Gasteiger partial charge in [-0.1, -0.05) is 12.1 Å². The van der Waals surface area contributed by atoms with E-state index in [-0.39, 0.29) is 18.3 Å². The predicted molar refractivity (Wildman–Crippen MR) is 59.6 cm³/mol. The fourth-order valence-electron chi connectivity index (χ4n) is 1.73. The normalized spacial score (nSPS) is 18.4. The van der Waals surface area contributed by atoms with Gasteiger partial charge in [0.2, 0.25) is 0 Å². The number of urea groups is 1. The highest BCUT2D eigenvalue weighted by molar-refractivity contribution is 6.06. The van der Waals surface area contributed by atoms with Crippen LogP contribution in [0.2, 0.25) is 0 Å². The van der Waals surface area contributed by atoms with Crippen molar-refractivity contribution in [1.82, 2.24) is 10.2 Å². The number of halogens is 1. The molecule has 0 saturated carbocycles. The lowest BCUT2D eigenvalue weighted by Gasteiger charge is -2.15. The summed E-state index contributed by atoms with van der Waals surface area (Å²) in [6.07, 6.45) is 0. The molecular weight excluding hydrogens is 223 g/mol. The molecule has 1 saturated heterocycles. The Hall–Kier alpha value is -1.91. The van der Waals surface area contributed by atoms with Crippen LogP contribution in [0.5, 0.6) is 0 Å². The van der Waals surface area contributed by atoms with Gasteiger partial charge in [-0.25, -0.2) is 9.18 Å². The van der Waals surface area contributed by atoms with E-state index in [0.717, 1.165) is 4.90 Å². The summed E-state index contributed by atoms with van der Waals surface area (Å²) in [6, 6.07) is 5.31. The number of hydrogen-bond donors (Lipinski definition) is 1. The third-order valence-electron chi connectivity index (χ3n) is 2.70. The van der Waals surface area contributed by atoms with Crippen molar-refractivity contribution in [2.75, 3.05) is 0 Å². The van der Waals surface area contributed by atoms with E-state index in [1.165, 1.54) is 12.1 Å². The Bertz CT molecular complexity index is 468. The van der Waals surface area contributed by atoms with Crippen molar-refractivity contribution in [3.63, 3.8) is 0 Å².